The highest BCUT2D eigenvalue weighted by atomic mass is 19.1. The van der Waals surface area contributed by atoms with Gasteiger partial charge in [0.05, 0.1) is 0 Å². The molecule has 2 rings (SSSR count). The number of hydrogen-bond acceptors (Lipinski definition) is 3. The second kappa shape index (κ2) is 9.39. The number of amides is 3. The van der Waals surface area contributed by atoms with Crippen LogP contribution in [-0.4, -0.2) is 25.7 Å². The van der Waals surface area contributed by atoms with Crippen molar-refractivity contribution in [3.63, 3.8) is 0 Å². The molecule has 0 saturated carbocycles. The Kier molecular flexibility index (Phi) is 6.91. The van der Waals surface area contributed by atoms with Crippen LogP contribution in [0.15, 0.2) is 48.5 Å². The zero-order valence-electron chi connectivity index (χ0n) is 13.8. The SMILES string of the molecule is COCC(=O)Nc1cccc(CNC(=O)NCc2ccc(F)cc2)c1. The Hall–Kier alpha value is -2.93. The fourth-order valence-electron chi connectivity index (χ4n) is 2.12. The Labute approximate surface area is 145 Å². The molecule has 3 N–H and O–H groups in total. The van der Waals surface area contributed by atoms with Crippen molar-refractivity contribution in [1.82, 2.24) is 10.6 Å². The van der Waals surface area contributed by atoms with Gasteiger partial charge in [-0.25, -0.2) is 9.18 Å². The normalized spacial score (nSPS) is 10.2. The lowest BCUT2D eigenvalue weighted by Crippen LogP contribution is -2.34. The van der Waals surface area contributed by atoms with E-state index in [0.29, 0.717) is 18.8 Å². The summed E-state index contributed by atoms with van der Waals surface area (Å²) in [4.78, 5) is 23.3. The maximum absolute atomic E-state index is 12.8. The van der Waals surface area contributed by atoms with Crippen molar-refractivity contribution in [2.75, 3.05) is 19.0 Å². The first-order chi connectivity index (χ1) is 12.1. The van der Waals surface area contributed by atoms with Crippen molar-refractivity contribution < 1.29 is 18.7 Å². The summed E-state index contributed by atoms with van der Waals surface area (Å²) in [7, 11) is 1.45. The smallest absolute Gasteiger partial charge is 0.315 e. The maximum atomic E-state index is 12.8. The highest BCUT2D eigenvalue weighted by molar-refractivity contribution is 5.91. The van der Waals surface area contributed by atoms with Crippen LogP contribution < -0.4 is 16.0 Å². The molecule has 0 fully saturated rings. The highest BCUT2D eigenvalue weighted by Gasteiger charge is 2.04. The topological polar surface area (TPSA) is 79.5 Å². The minimum atomic E-state index is -0.335. The second-order valence-corrected chi connectivity index (χ2v) is 5.34. The summed E-state index contributed by atoms with van der Waals surface area (Å²) in [5, 5.41) is 8.12. The number of hydrogen-bond donors (Lipinski definition) is 3. The van der Waals surface area contributed by atoms with Crippen LogP contribution in [0.5, 0.6) is 0 Å². The van der Waals surface area contributed by atoms with E-state index in [9.17, 15) is 14.0 Å². The Morgan fingerprint density at radius 3 is 2.36 bits per heavy atom. The van der Waals surface area contributed by atoms with Crippen LogP contribution in [0.4, 0.5) is 14.9 Å². The summed E-state index contributed by atoms with van der Waals surface area (Å²) < 4.78 is 17.6. The summed E-state index contributed by atoms with van der Waals surface area (Å²) in [6.45, 7) is 0.594. The van der Waals surface area contributed by atoms with E-state index in [1.165, 1.54) is 19.2 Å². The number of carbonyl (C=O) groups is 2. The molecule has 0 spiro atoms. The van der Waals surface area contributed by atoms with Crippen LogP contribution in [0.1, 0.15) is 11.1 Å². The molecule has 2 aromatic rings. The monoisotopic (exact) mass is 345 g/mol. The molecule has 3 amide bonds. The predicted molar refractivity (Wildman–Crippen MR) is 92.4 cm³/mol. The molecule has 7 heteroatoms. The third kappa shape index (κ3) is 6.60. The molecule has 0 aliphatic carbocycles. The van der Waals surface area contributed by atoms with Gasteiger partial charge in [-0.15, -0.1) is 0 Å². The Balaban J connectivity index is 1.79. The van der Waals surface area contributed by atoms with Gasteiger partial charge in [0.2, 0.25) is 5.91 Å². The molecule has 0 aliphatic rings. The average molecular weight is 345 g/mol. The Bertz CT molecular complexity index is 720. The minimum absolute atomic E-state index is 0.0196. The summed E-state index contributed by atoms with van der Waals surface area (Å²) in [5.74, 6) is -0.560. The van der Waals surface area contributed by atoms with Gasteiger partial charge in [0.15, 0.2) is 0 Å². The van der Waals surface area contributed by atoms with E-state index in [0.717, 1.165) is 11.1 Å². The van der Waals surface area contributed by atoms with Crippen molar-refractivity contribution in [2.45, 2.75) is 13.1 Å². The molecular weight excluding hydrogens is 325 g/mol. The largest absolute Gasteiger partial charge is 0.375 e. The Morgan fingerprint density at radius 1 is 1.00 bits per heavy atom. The first kappa shape index (κ1) is 18.4. The summed E-state index contributed by atoms with van der Waals surface area (Å²) in [6.07, 6.45) is 0. The lowest BCUT2D eigenvalue weighted by Gasteiger charge is -2.10. The first-order valence-corrected chi connectivity index (χ1v) is 7.70. The lowest BCUT2D eigenvalue weighted by molar-refractivity contribution is -0.119. The molecule has 0 bridgehead atoms. The summed E-state index contributed by atoms with van der Waals surface area (Å²) >= 11 is 0. The van der Waals surface area contributed by atoms with Crippen LogP contribution in [0, 0.1) is 5.82 Å². The molecule has 0 aromatic heterocycles. The van der Waals surface area contributed by atoms with Crippen molar-refractivity contribution in [1.29, 1.82) is 0 Å². The number of rotatable bonds is 7. The standard InChI is InChI=1S/C18H20FN3O3/c1-25-12-17(23)22-16-4-2-3-14(9-16)11-21-18(24)20-10-13-5-7-15(19)8-6-13/h2-9H,10-12H2,1H3,(H,22,23)(H2,20,21,24). The zero-order chi connectivity index (χ0) is 18.1. The molecule has 6 nitrogen and oxygen atoms in total. The zero-order valence-corrected chi connectivity index (χ0v) is 13.8. The van der Waals surface area contributed by atoms with E-state index in [2.05, 4.69) is 16.0 Å². The van der Waals surface area contributed by atoms with Crippen LogP contribution in [0.3, 0.4) is 0 Å². The fourth-order valence-corrected chi connectivity index (χ4v) is 2.12. The van der Waals surface area contributed by atoms with Crippen molar-refractivity contribution in [2.24, 2.45) is 0 Å². The van der Waals surface area contributed by atoms with Gasteiger partial charge in [-0.05, 0) is 35.4 Å². The summed E-state index contributed by atoms with van der Waals surface area (Å²) in [6, 6.07) is 12.7. The molecule has 0 atom stereocenters. The number of anilines is 1. The number of benzene rings is 2. The third-order valence-electron chi connectivity index (χ3n) is 3.31. The van der Waals surface area contributed by atoms with Gasteiger partial charge in [0.25, 0.3) is 0 Å². The quantitative estimate of drug-likeness (QED) is 0.721. The number of halogens is 1. The lowest BCUT2D eigenvalue weighted by atomic mass is 10.2. The van der Waals surface area contributed by atoms with Gasteiger partial charge >= 0.3 is 6.03 Å². The first-order valence-electron chi connectivity index (χ1n) is 7.70. The number of ether oxygens (including phenoxy) is 1. The number of carbonyl (C=O) groups excluding carboxylic acids is 2. The maximum Gasteiger partial charge on any atom is 0.315 e. The molecule has 0 heterocycles. The summed E-state index contributed by atoms with van der Waals surface area (Å²) in [5.41, 5.74) is 2.28. The van der Waals surface area contributed by atoms with Crippen LogP contribution in [-0.2, 0) is 22.6 Å². The number of urea groups is 1. The second-order valence-electron chi connectivity index (χ2n) is 5.34. The Morgan fingerprint density at radius 2 is 1.68 bits per heavy atom. The van der Waals surface area contributed by atoms with Crippen LogP contribution in [0.25, 0.3) is 0 Å². The fraction of sp³-hybridized carbons (Fsp3) is 0.222. The average Bonchev–Trinajstić information content (AvgIpc) is 2.60. The molecule has 0 saturated heterocycles. The van der Waals surface area contributed by atoms with Gasteiger partial charge in [-0.2, -0.15) is 0 Å². The van der Waals surface area contributed by atoms with Gasteiger partial charge in [0.1, 0.15) is 12.4 Å². The van der Waals surface area contributed by atoms with E-state index in [1.807, 2.05) is 6.07 Å². The van der Waals surface area contributed by atoms with Crippen LogP contribution in [0.2, 0.25) is 0 Å². The molecular formula is C18H20FN3O3. The third-order valence-corrected chi connectivity index (χ3v) is 3.31. The highest BCUT2D eigenvalue weighted by Crippen LogP contribution is 2.10. The van der Waals surface area contributed by atoms with Gasteiger partial charge in [-0.3, -0.25) is 4.79 Å². The number of nitrogens with one attached hydrogen (secondary N) is 3. The van der Waals surface area contributed by atoms with Crippen molar-refractivity contribution in [3.05, 3.63) is 65.5 Å². The molecule has 0 aliphatic heterocycles. The van der Waals surface area contributed by atoms with E-state index in [-0.39, 0.29) is 24.4 Å². The van der Waals surface area contributed by atoms with Gasteiger partial charge in [-0.1, -0.05) is 24.3 Å². The van der Waals surface area contributed by atoms with E-state index < -0.39 is 0 Å². The van der Waals surface area contributed by atoms with E-state index in [4.69, 9.17) is 4.74 Å². The van der Waals surface area contributed by atoms with Gasteiger partial charge in [0, 0.05) is 25.9 Å². The number of methoxy groups -OCH3 is 1. The van der Waals surface area contributed by atoms with Crippen molar-refractivity contribution >= 4 is 17.6 Å². The van der Waals surface area contributed by atoms with Crippen LogP contribution >= 0.6 is 0 Å². The molecule has 0 unspecified atom stereocenters. The van der Waals surface area contributed by atoms with Gasteiger partial charge < -0.3 is 20.7 Å². The molecule has 2 aromatic carbocycles. The minimum Gasteiger partial charge on any atom is -0.375 e. The van der Waals surface area contributed by atoms with E-state index in [1.54, 1.807) is 30.3 Å². The van der Waals surface area contributed by atoms with Crippen molar-refractivity contribution in [3.8, 4) is 0 Å². The van der Waals surface area contributed by atoms with E-state index >= 15 is 0 Å². The predicted octanol–water partition coefficient (Wildman–Crippen LogP) is 2.41. The molecule has 0 radical (unpaired) electrons. The molecule has 132 valence electrons. The molecule has 25 heavy (non-hydrogen) atoms.